The minimum absolute atomic E-state index is 0.0301. The number of rotatable bonds is 2. The van der Waals surface area contributed by atoms with Gasteiger partial charge in [0, 0.05) is 17.5 Å². The highest BCUT2D eigenvalue weighted by Gasteiger charge is 2.29. The molecule has 3 aromatic heterocycles. The molecule has 1 aliphatic carbocycles. The highest BCUT2D eigenvalue weighted by molar-refractivity contribution is 7.19. The molecule has 1 aliphatic heterocycles. The fourth-order valence-corrected chi connectivity index (χ4v) is 5.69. The SMILES string of the molecule is CC[C@@H]1CCCCN1C(=O)c1nc2c3c4c(sc3ncn2n1)CCCC4. The third-order valence-corrected chi connectivity index (χ3v) is 7.04. The van der Waals surface area contributed by atoms with E-state index < -0.39 is 0 Å². The van der Waals surface area contributed by atoms with Gasteiger partial charge in [-0.1, -0.05) is 6.92 Å². The predicted molar refractivity (Wildman–Crippen MR) is 102 cm³/mol. The molecule has 0 unspecified atom stereocenters. The third kappa shape index (κ3) is 2.44. The molecule has 0 bridgehead atoms. The summed E-state index contributed by atoms with van der Waals surface area (Å²) >= 11 is 1.78. The van der Waals surface area contributed by atoms with Crippen molar-refractivity contribution in [2.45, 2.75) is 64.3 Å². The van der Waals surface area contributed by atoms with Gasteiger partial charge in [-0.05, 0) is 56.9 Å². The fraction of sp³-hybridized carbons (Fsp3) is 0.579. The Morgan fingerprint density at radius 3 is 3.04 bits per heavy atom. The van der Waals surface area contributed by atoms with Crippen LogP contribution in [0.1, 0.15) is 66.5 Å². The first-order chi connectivity index (χ1) is 12.8. The van der Waals surface area contributed by atoms with Crippen LogP contribution < -0.4 is 0 Å². The van der Waals surface area contributed by atoms with Gasteiger partial charge in [0.2, 0.25) is 5.82 Å². The monoisotopic (exact) mass is 369 g/mol. The van der Waals surface area contributed by atoms with E-state index in [2.05, 4.69) is 17.0 Å². The van der Waals surface area contributed by atoms with Crippen LogP contribution >= 0.6 is 11.3 Å². The van der Waals surface area contributed by atoms with E-state index in [-0.39, 0.29) is 5.91 Å². The second-order valence-corrected chi connectivity index (χ2v) is 8.48. The van der Waals surface area contributed by atoms with E-state index in [1.165, 1.54) is 29.7 Å². The molecule has 26 heavy (non-hydrogen) atoms. The zero-order chi connectivity index (χ0) is 17.7. The maximum absolute atomic E-state index is 13.1. The number of thiophene rings is 1. The number of carbonyl (C=O) groups is 1. The zero-order valence-electron chi connectivity index (χ0n) is 15.1. The summed E-state index contributed by atoms with van der Waals surface area (Å²) in [4.78, 5) is 26.8. The quantitative estimate of drug-likeness (QED) is 0.692. The fourth-order valence-electron chi connectivity index (χ4n) is 4.47. The highest BCUT2D eigenvalue weighted by atomic mass is 32.1. The van der Waals surface area contributed by atoms with Crippen LogP contribution in [0.3, 0.4) is 0 Å². The second kappa shape index (κ2) is 6.30. The van der Waals surface area contributed by atoms with Gasteiger partial charge < -0.3 is 4.90 Å². The van der Waals surface area contributed by atoms with Gasteiger partial charge in [-0.2, -0.15) is 0 Å². The van der Waals surface area contributed by atoms with Crippen molar-refractivity contribution in [2.75, 3.05) is 6.54 Å². The lowest BCUT2D eigenvalue weighted by molar-refractivity contribution is 0.0595. The summed E-state index contributed by atoms with van der Waals surface area (Å²) in [6.07, 6.45) is 10.7. The van der Waals surface area contributed by atoms with Gasteiger partial charge in [-0.25, -0.2) is 14.5 Å². The first-order valence-electron chi connectivity index (χ1n) is 9.73. The zero-order valence-corrected chi connectivity index (χ0v) is 15.9. The number of hydrogen-bond acceptors (Lipinski definition) is 5. The molecule has 1 amide bonds. The molecule has 1 saturated heterocycles. The average Bonchev–Trinajstić information content (AvgIpc) is 3.28. The summed E-state index contributed by atoms with van der Waals surface area (Å²) in [6, 6.07) is 0.315. The molecule has 136 valence electrons. The Hall–Kier alpha value is -2.02. The highest BCUT2D eigenvalue weighted by Crippen LogP contribution is 2.37. The van der Waals surface area contributed by atoms with Gasteiger partial charge in [0.05, 0.1) is 5.39 Å². The number of nitrogens with zero attached hydrogens (tertiary/aromatic N) is 5. The van der Waals surface area contributed by atoms with Crippen LogP contribution in [-0.2, 0) is 12.8 Å². The van der Waals surface area contributed by atoms with Crippen molar-refractivity contribution < 1.29 is 4.79 Å². The van der Waals surface area contributed by atoms with Crippen LogP contribution in [0.2, 0.25) is 0 Å². The Bertz CT molecular complexity index is 991. The lowest BCUT2D eigenvalue weighted by atomic mass is 9.97. The predicted octanol–water partition coefficient (Wildman–Crippen LogP) is 3.62. The molecule has 1 fully saturated rings. The van der Waals surface area contributed by atoms with Gasteiger partial charge in [0.15, 0.2) is 5.65 Å². The number of hydrogen-bond donors (Lipinski definition) is 0. The lowest BCUT2D eigenvalue weighted by Gasteiger charge is -2.34. The van der Waals surface area contributed by atoms with Crippen LogP contribution in [0.25, 0.3) is 15.9 Å². The minimum atomic E-state index is -0.0301. The van der Waals surface area contributed by atoms with Gasteiger partial charge in [0.25, 0.3) is 5.91 Å². The molecule has 0 saturated carbocycles. The van der Waals surface area contributed by atoms with E-state index in [1.807, 2.05) is 4.90 Å². The summed E-state index contributed by atoms with van der Waals surface area (Å²) < 4.78 is 1.70. The van der Waals surface area contributed by atoms with Gasteiger partial charge >= 0.3 is 0 Å². The Morgan fingerprint density at radius 1 is 1.27 bits per heavy atom. The topological polar surface area (TPSA) is 63.4 Å². The normalized spacial score (nSPS) is 20.7. The molecule has 0 radical (unpaired) electrons. The molecule has 2 aliphatic rings. The van der Waals surface area contributed by atoms with Gasteiger partial charge in [-0.3, -0.25) is 4.79 Å². The van der Waals surface area contributed by atoms with E-state index in [0.29, 0.717) is 11.9 Å². The Morgan fingerprint density at radius 2 is 2.15 bits per heavy atom. The number of amides is 1. The third-order valence-electron chi connectivity index (χ3n) is 5.84. The van der Waals surface area contributed by atoms with E-state index in [1.54, 1.807) is 22.2 Å². The van der Waals surface area contributed by atoms with Crippen molar-refractivity contribution in [2.24, 2.45) is 0 Å². The summed E-state index contributed by atoms with van der Waals surface area (Å²) in [6.45, 7) is 2.97. The summed E-state index contributed by atoms with van der Waals surface area (Å²) in [5.41, 5.74) is 2.17. The summed E-state index contributed by atoms with van der Waals surface area (Å²) in [5, 5.41) is 5.61. The number of aryl methyl sites for hydroxylation is 2. The summed E-state index contributed by atoms with van der Waals surface area (Å²) in [5.74, 6) is 0.285. The van der Waals surface area contributed by atoms with Crippen LogP contribution in [-0.4, -0.2) is 43.0 Å². The maximum Gasteiger partial charge on any atom is 0.293 e. The van der Waals surface area contributed by atoms with Crippen LogP contribution in [0.5, 0.6) is 0 Å². The Kier molecular flexibility index (Phi) is 3.92. The van der Waals surface area contributed by atoms with Crippen molar-refractivity contribution in [3.63, 3.8) is 0 Å². The molecular weight excluding hydrogens is 346 g/mol. The molecule has 3 aromatic rings. The second-order valence-electron chi connectivity index (χ2n) is 7.40. The van der Waals surface area contributed by atoms with E-state index in [4.69, 9.17) is 4.98 Å². The van der Waals surface area contributed by atoms with Crippen molar-refractivity contribution >= 4 is 33.1 Å². The standard InChI is InChI=1S/C19H23N5OS/c1-2-12-7-5-6-10-23(12)19(25)16-21-17-15-13-8-3-4-9-14(13)26-18(15)20-11-24(17)22-16/h11-12H,2-10H2,1H3/t12-/m1/s1. The summed E-state index contributed by atoms with van der Waals surface area (Å²) in [7, 11) is 0. The smallest absolute Gasteiger partial charge is 0.293 e. The van der Waals surface area contributed by atoms with Crippen LogP contribution in [0.4, 0.5) is 0 Å². The van der Waals surface area contributed by atoms with Crippen molar-refractivity contribution in [3.8, 4) is 0 Å². The lowest BCUT2D eigenvalue weighted by Crippen LogP contribution is -2.43. The van der Waals surface area contributed by atoms with Gasteiger partial charge in [0.1, 0.15) is 11.2 Å². The van der Waals surface area contributed by atoms with Gasteiger partial charge in [-0.15, -0.1) is 16.4 Å². The van der Waals surface area contributed by atoms with E-state index in [9.17, 15) is 4.79 Å². The largest absolute Gasteiger partial charge is 0.333 e. The average molecular weight is 369 g/mol. The maximum atomic E-state index is 13.1. The first-order valence-corrected chi connectivity index (χ1v) is 10.5. The van der Waals surface area contributed by atoms with Crippen molar-refractivity contribution in [1.29, 1.82) is 0 Å². The number of fused-ring (bicyclic) bond motifs is 5. The van der Waals surface area contributed by atoms with Crippen molar-refractivity contribution in [3.05, 3.63) is 22.6 Å². The molecule has 0 N–H and O–H groups in total. The molecule has 4 heterocycles. The van der Waals surface area contributed by atoms with Crippen LogP contribution in [0.15, 0.2) is 6.33 Å². The number of piperidine rings is 1. The molecule has 0 aromatic carbocycles. The molecule has 0 spiro atoms. The Balaban J connectivity index is 1.60. The molecule has 6 nitrogen and oxygen atoms in total. The van der Waals surface area contributed by atoms with Crippen molar-refractivity contribution in [1.82, 2.24) is 24.5 Å². The molecular formula is C19H23N5OS. The van der Waals surface area contributed by atoms with E-state index in [0.717, 1.165) is 54.5 Å². The van der Waals surface area contributed by atoms with Crippen LogP contribution in [0, 0.1) is 0 Å². The minimum Gasteiger partial charge on any atom is -0.333 e. The van der Waals surface area contributed by atoms with E-state index >= 15 is 0 Å². The first kappa shape index (κ1) is 16.2. The molecule has 7 heteroatoms. The Labute approximate surface area is 156 Å². The molecule has 1 atom stereocenters. The number of likely N-dealkylation sites (tertiary alicyclic amines) is 1. The number of carbonyl (C=O) groups excluding carboxylic acids is 1. The number of aromatic nitrogens is 4. The molecule has 5 rings (SSSR count).